The maximum Gasteiger partial charge on any atom is 0.119 e. The normalized spacial score (nSPS) is 22.7. The Labute approximate surface area is 140 Å². The van der Waals surface area contributed by atoms with Crippen molar-refractivity contribution < 1.29 is 13.7 Å². The summed E-state index contributed by atoms with van der Waals surface area (Å²) in [5, 5.41) is 3.66. The van der Waals surface area contributed by atoms with E-state index in [1.165, 1.54) is 0 Å². The highest BCUT2D eigenvalue weighted by Gasteiger charge is 2.29. The topological polar surface area (TPSA) is 50.8 Å². The molecule has 2 saturated heterocycles. The van der Waals surface area contributed by atoms with Gasteiger partial charge in [0.2, 0.25) is 0 Å². The van der Waals surface area contributed by atoms with Gasteiger partial charge in [0.05, 0.1) is 23.3 Å². The zero-order valence-corrected chi connectivity index (χ0v) is 14.5. The molecule has 0 radical (unpaired) electrons. The van der Waals surface area contributed by atoms with Gasteiger partial charge in [-0.3, -0.25) is 0 Å². The van der Waals surface area contributed by atoms with Crippen LogP contribution in [0.3, 0.4) is 0 Å². The molecule has 0 aromatic heterocycles. The van der Waals surface area contributed by atoms with Crippen LogP contribution in [0, 0.1) is 0 Å². The molecular formula is C17H26N2O3S. The number of benzene rings is 1. The summed E-state index contributed by atoms with van der Waals surface area (Å²) >= 11 is 0. The van der Waals surface area contributed by atoms with E-state index in [1.807, 2.05) is 24.3 Å². The van der Waals surface area contributed by atoms with E-state index >= 15 is 0 Å². The Morgan fingerprint density at radius 1 is 1.04 bits per heavy atom. The van der Waals surface area contributed by atoms with Crippen molar-refractivity contribution in [1.29, 1.82) is 0 Å². The highest BCUT2D eigenvalue weighted by Crippen LogP contribution is 2.24. The quantitative estimate of drug-likeness (QED) is 0.892. The van der Waals surface area contributed by atoms with Crippen LogP contribution in [-0.4, -0.2) is 53.2 Å². The predicted octanol–water partition coefficient (Wildman–Crippen LogP) is 1.95. The predicted molar refractivity (Wildman–Crippen MR) is 92.3 cm³/mol. The van der Waals surface area contributed by atoms with Gasteiger partial charge in [0.1, 0.15) is 17.6 Å². The molecule has 2 fully saturated rings. The lowest BCUT2D eigenvalue weighted by Crippen LogP contribution is -2.44. The molecule has 2 aliphatic rings. The Morgan fingerprint density at radius 3 is 2.26 bits per heavy atom. The van der Waals surface area contributed by atoms with Gasteiger partial charge < -0.3 is 14.8 Å². The van der Waals surface area contributed by atoms with Crippen molar-refractivity contribution in [1.82, 2.24) is 9.62 Å². The summed E-state index contributed by atoms with van der Waals surface area (Å²) in [6, 6.07) is 7.71. The highest BCUT2D eigenvalue weighted by molar-refractivity contribution is 7.83. The first kappa shape index (κ1) is 16.7. The summed E-state index contributed by atoms with van der Waals surface area (Å²) in [5.74, 6) is 1.72. The van der Waals surface area contributed by atoms with Gasteiger partial charge in [-0.2, -0.15) is 0 Å². The molecule has 0 aliphatic carbocycles. The molecule has 0 amide bonds. The molecule has 1 aromatic rings. The zero-order chi connectivity index (χ0) is 16.1. The van der Waals surface area contributed by atoms with Gasteiger partial charge in [-0.05, 0) is 63.0 Å². The van der Waals surface area contributed by atoms with Gasteiger partial charge in [-0.25, -0.2) is 8.51 Å². The van der Waals surface area contributed by atoms with Crippen LogP contribution < -0.4 is 14.8 Å². The van der Waals surface area contributed by atoms with Gasteiger partial charge in [-0.1, -0.05) is 0 Å². The third-order valence-electron chi connectivity index (χ3n) is 4.59. The van der Waals surface area contributed by atoms with E-state index in [-0.39, 0.29) is 6.10 Å². The molecule has 3 rings (SSSR count). The molecule has 1 N–H and O–H groups in total. The van der Waals surface area contributed by atoms with Gasteiger partial charge >= 0.3 is 0 Å². The Morgan fingerprint density at radius 2 is 1.65 bits per heavy atom. The average Bonchev–Trinajstić information content (AvgIpc) is 2.63. The van der Waals surface area contributed by atoms with Crippen molar-refractivity contribution in [3.63, 3.8) is 0 Å². The Kier molecular flexibility index (Phi) is 5.91. The fourth-order valence-electron chi connectivity index (χ4n) is 3.18. The van der Waals surface area contributed by atoms with Crippen molar-refractivity contribution in [3.05, 3.63) is 24.3 Å². The van der Waals surface area contributed by atoms with Gasteiger partial charge in [0, 0.05) is 13.1 Å². The second-order valence-electron chi connectivity index (χ2n) is 6.15. The number of hydrogen-bond donors (Lipinski definition) is 1. The van der Waals surface area contributed by atoms with E-state index in [1.54, 1.807) is 7.11 Å². The number of methoxy groups -OCH3 is 1. The number of ether oxygens (including phenoxy) is 2. The number of nitrogens with one attached hydrogen (secondary N) is 1. The molecule has 1 atom stereocenters. The molecule has 0 saturated carbocycles. The molecule has 128 valence electrons. The Bertz CT molecular complexity index is 509. The van der Waals surface area contributed by atoms with Crippen LogP contribution >= 0.6 is 0 Å². The summed E-state index contributed by atoms with van der Waals surface area (Å²) < 4.78 is 26.0. The number of rotatable bonds is 5. The van der Waals surface area contributed by atoms with Gasteiger partial charge in [0.25, 0.3) is 0 Å². The van der Waals surface area contributed by atoms with Gasteiger partial charge in [0.15, 0.2) is 0 Å². The lowest BCUT2D eigenvalue weighted by Gasteiger charge is -2.34. The van der Waals surface area contributed by atoms with Crippen molar-refractivity contribution in [2.45, 2.75) is 37.0 Å². The lowest BCUT2D eigenvalue weighted by atomic mass is 10.1. The summed E-state index contributed by atoms with van der Waals surface area (Å²) in [7, 11) is 0.823. The molecule has 5 nitrogen and oxygen atoms in total. The van der Waals surface area contributed by atoms with E-state index in [9.17, 15) is 4.21 Å². The molecule has 1 aromatic carbocycles. The van der Waals surface area contributed by atoms with E-state index in [2.05, 4.69) is 9.62 Å². The minimum atomic E-state index is -0.837. The molecule has 23 heavy (non-hydrogen) atoms. The molecule has 1 unspecified atom stereocenters. The maximum absolute atomic E-state index is 12.6. The first-order valence-corrected chi connectivity index (χ1v) is 9.60. The van der Waals surface area contributed by atoms with Crippen LogP contribution in [0.5, 0.6) is 11.5 Å². The third kappa shape index (κ3) is 4.46. The van der Waals surface area contributed by atoms with Crippen LogP contribution in [0.15, 0.2) is 24.3 Å². The smallest absolute Gasteiger partial charge is 0.119 e. The summed E-state index contributed by atoms with van der Waals surface area (Å²) in [4.78, 5) is 0. The average molecular weight is 338 g/mol. The highest BCUT2D eigenvalue weighted by atomic mass is 32.2. The maximum atomic E-state index is 12.6. The first-order chi connectivity index (χ1) is 11.3. The molecule has 2 heterocycles. The van der Waals surface area contributed by atoms with Crippen LogP contribution in [0.1, 0.15) is 25.7 Å². The van der Waals surface area contributed by atoms with E-state index in [0.717, 1.165) is 63.4 Å². The number of hydrogen-bond acceptors (Lipinski definition) is 4. The second-order valence-corrected chi connectivity index (χ2v) is 7.88. The number of piperidine rings is 2. The number of nitrogens with zero attached hydrogens (tertiary/aromatic N) is 1. The SMILES string of the molecule is COc1ccc(OC2CCN(S(=O)C3CCNCC3)CC2)cc1. The molecular weight excluding hydrogens is 312 g/mol. The van der Waals surface area contributed by atoms with E-state index in [0.29, 0.717) is 5.25 Å². The third-order valence-corrected chi connectivity index (χ3v) is 6.50. The summed E-state index contributed by atoms with van der Waals surface area (Å²) in [5.41, 5.74) is 0. The summed E-state index contributed by atoms with van der Waals surface area (Å²) in [6.07, 6.45) is 4.12. The van der Waals surface area contributed by atoms with Crippen molar-refractivity contribution >= 4 is 11.0 Å². The first-order valence-electron chi connectivity index (χ1n) is 8.43. The fraction of sp³-hybridized carbons (Fsp3) is 0.647. The minimum absolute atomic E-state index is 0.213. The lowest BCUT2D eigenvalue weighted by molar-refractivity contribution is 0.136. The standard InChI is InChI=1S/C17H26N2O3S/c1-21-14-2-4-15(5-3-14)22-16-8-12-19(13-9-16)23(20)17-6-10-18-11-7-17/h2-5,16-18H,6-13H2,1H3. The van der Waals surface area contributed by atoms with Gasteiger partial charge in [-0.15, -0.1) is 0 Å². The van der Waals surface area contributed by atoms with Crippen molar-refractivity contribution in [2.24, 2.45) is 0 Å². The summed E-state index contributed by atoms with van der Waals surface area (Å²) in [6.45, 7) is 3.70. The minimum Gasteiger partial charge on any atom is -0.497 e. The van der Waals surface area contributed by atoms with E-state index in [4.69, 9.17) is 9.47 Å². The monoisotopic (exact) mass is 338 g/mol. The zero-order valence-electron chi connectivity index (χ0n) is 13.7. The van der Waals surface area contributed by atoms with Crippen LogP contribution in [-0.2, 0) is 11.0 Å². The second kappa shape index (κ2) is 8.13. The molecule has 0 spiro atoms. The van der Waals surface area contributed by atoms with Crippen LogP contribution in [0.2, 0.25) is 0 Å². The Hall–Kier alpha value is -1.11. The van der Waals surface area contributed by atoms with Crippen LogP contribution in [0.25, 0.3) is 0 Å². The molecule has 6 heteroatoms. The fourth-order valence-corrected chi connectivity index (χ4v) is 4.82. The van der Waals surface area contributed by atoms with Crippen molar-refractivity contribution in [3.8, 4) is 11.5 Å². The van der Waals surface area contributed by atoms with Crippen molar-refractivity contribution in [2.75, 3.05) is 33.3 Å². The molecule has 2 aliphatic heterocycles. The van der Waals surface area contributed by atoms with E-state index < -0.39 is 11.0 Å². The Balaban J connectivity index is 1.46. The molecule has 0 bridgehead atoms. The van der Waals surface area contributed by atoms with Crippen LogP contribution in [0.4, 0.5) is 0 Å². The largest absolute Gasteiger partial charge is 0.497 e.